The Morgan fingerprint density at radius 1 is 1.29 bits per heavy atom. The van der Waals surface area contributed by atoms with Crippen LogP contribution in [0.5, 0.6) is 0 Å². The van der Waals surface area contributed by atoms with Crippen LogP contribution in [0.15, 0.2) is 12.2 Å². The highest BCUT2D eigenvalue weighted by atomic mass is 31.2. The van der Waals surface area contributed by atoms with Crippen molar-refractivity contribution >= 4 is 13.6 Å². The molecule has 0 aliphatic rings. The first kappa shape index (κ1) is 16.5. The van der Waals surface area contributed by atoms with Gasteiger partial charge in [-0.3, -0.25) is 9.32 Å². The molecule has 0 spiro atoms. The van der Waals surface area contributed by atoms with Gasteiger partial charge in [-0.1, -0.05) is 19.1 Å². The van der Waals surface area contributed by atoms with Crippen LogP contribution >= 0.6 is 7.82 Å². The van der Waals surface area contributed by atoms with Crippen molar-refractivity contribution in [3.05, 3.63) is 12.2 Å². The van der Waals surface area contributed by atoms with Crippen molar-refractivity contribution < 1.29 is 23.7 Å². The fourth-order valence-corrected chi connectivity index (χ4v) is 2.28. The zero-order chi connectivity index (χ0) is 13.9. The van der Waals surface area contributed by atoms with E-state index in [9.17, 15) is 9.36 Å². The number of rotatable bonds is 6. The number of hydrogen-bond donors (Lipinski definition) is 2. The number of carbonyl (C=O) groups excluding carboxylic acids is 1. The lowest BCUT2D eigenvalue weighted by Crippen LogP contribution is -2.42. The average molecular weight is 264 g/mol. The standard InChI is InChI=1S/C11H21O5P/c1-6-7-8-10(2,3)9(12)11(4,5)16-17(13,14)15/h7-8H,6H2,1-5H3,(H2,13,14,15)/b8-7-. The molecule has 6 heteroatoms. The van der Waals surface area contributed by atoms with Gasteiger partial charge < -0.3 is 9.79 Å². The van der Waals surface area contributed by atoms with Crippen LogP contribution in [0.2, 0.25) is 0 Å². The van der Waals surface area contributed by atoms with E-state index in [-0.39, 0.29) is 5.78 Å². The molecule has 2 N–H and O–H groups in total. The van der Waals surface area contributed by atoms with E-state index in [0.29, 0.717) is 0 Å². The molecule has 0 fully saturated rings. The summed E-state index contributed by atoms with van der Waals surface area (Å²) in [6, 6.07) is 0. The summed E-state index contributed by atoms with van der Waals surface area (Å²) >= 11 is 0. The third-order valence-electron chi connectivity index (χ3n) is 2.25. The molecule has 0 aliphatic heterocycles. The smallest absolute Gasteiger partial charge is 0.303 e. The molecular weight excluding hydrogens is 243 g/mol. The quantitative estimate of drug-likeness (QED) is 0.568. The molecule has 5 nitrogen and oxygen atoms in total. The maximum atomic E-state index is 12.2. The average Bonchev–Trinajstić information content (AvgIpc) is 2.09. The Labute approximate surface area is 102 Å². The summed E-state index contributed by atoms with van der Waals surface area (Å²) in [4.78, 5) is 29.7. The second-order valence-corrected chi connectivity index (χ2v) is 6.12. The monoisotopic (exact) mass is 264 g/mol. The maximum absolute atomic E-state index is 12.2. The molecule has 0 saturated heterocycles. The number of allylic oxidation sites excluding steroid dienone is 2. The summed E-state index contributed by atoms with van der Waals surface area (Å²) in [6.07, 6.45) is 4.35. The van der Waals surface area contributed by atoms with Gasteiger partial charge in [0.2, 0.25) is 0 Å². The Hall–Kier alpha value is -0.480. The molecule has 0 heterocycles. The summed E-state index contributed by atoms with van der Waals surface area (Å²) in [5.74, 6) is -0.377. The predicted molar refractivity (Wildman–Crippen MR) is 65.4 cm³/mol. The first-order chi connectivity index (χ1) is 7.42. The summed E-state index contributed by atoms with van der Waals surface area (Å²) in [5.41, 5.74) is -2.35. The van der Waals surface area contributed by atoms with Crippen LogP contribution in [0, 0.1) is 5.41 Å². The largest absolute Gasteiger partial charge is 0.470 e. The van der Waals surface area contributed by atoms with E-state index >= 15 is 0 Å². The van der Waals surface area contributed by atoms with Crippen molar-refractivity contribution in [1.29, 1.82) is 0 Å². The van der Waals surface area contributed by atoms with E-state index in [4.69, 9.17) is 9.79 Å². The van der Waals surface area contributed by atoms with Crippen LogP contribution in [0.1, 0.15) is 41.0 Å². The molecular formula is C11H21O5P. The van der Waals surface area contributed by atoms with Crippen LogP contribution in [-0.4, -0.2) is 21.2 Å². The Bertz CT molecular complexity index is 351. The van der Waals surface area contributed by atoms with Crippen molar-refractivity contribution in [1.82, 2.24) is 0 Å². The van der Waals surface area contributed by atoms with Gasteiger partial charge in [0, 0.05) is 5.41 Å². The van der Waals surface area contributed by atoms with E-state index < -0.39 is 18.8 Å². The first-order valence-electron chi connectivity index (χ1n) is 5.41. The second kappa shape index (κ2) is 5.44. The van der Waals surface area contributed by atoms with Gasteiger partial charge in [0.1, 0.15) is 5.60 Å². The first-order valence-corrected chi connectivity index (χ1v) is 6.94. The zero-order valence-electron chi connectivity index (χ0n) is 10.9. The van der Waals surface area contributed by atoms with Gasteiger partial charge in [0.25, 0.3) is 0 Å². The van der Waals surface area contributed by atoms with Crippen LogP contribution in [0.25, 0.3) is 0 Å². The maximum Gasteiger partial charge on any atom is 0.470 e. The number of phosphoric ester groups is 1. The minimum atomic E-state index is -4.68. The van der Waals surface area contributed by atoms with E-state index in [2.05, 4.69) is 4.52 Å². The van der Waals surface area contributed by atoms with Gasteiger partial charge in [0.05, 0.1) is 0 Å². The van der Waals surface area contributed by atoms with Crippen molar-refractivity contribution in [3.8, 4) is 0 Å². The lowest BCUT2D eigenvalue weighted by atomic mass is 9.80. The molecule has 0 radical (unpaired) electrons. The normalized spacial score (nSPS) is 14.3. The summed E-state index contributed by atoms with van der Waals surface area (Å²) in [6.45, 7) is 8.03. The Kier molecular flexibility index (Phi) is 5.29. The minimum absolute atomic E-state index is 0.377. The van der Waals surface area contributed by atoms with Crippen molar-refractivity contribution in [2.75, 3.05) is 0 Å². The molecule has 0 atom stereocenters. The van der Waals surface area contributed by atoms with Gasteiger partial charge in [-0.05, 0) is 34.1 Å². The summed E-state index contributed by atoms with van der Waals surface area (Å²) < 4.78 is 15.3. The number of hydrogen-bond acceptors (Lipinski definition) is 3. The molecule has 0 bridgehead atoms. The topological polar surface area (TPSA) is 83.8 Å². The molecule has 17 heavy (non-hydrogen) atoms. The number of ketones is 1. The van der Waals surface area contributed by atoms with Crippen LogP contribution < -0.4 is 0 Å². The molecule has 0 unspecified atom stereocenters. The Balaban J connectivity index is 5.03. The SMILES string of the molecule is CC/C=C\C(C)(C)C(=O)C(C)(C)OP(=O)(O)O. The van der Waals surface area contributed by atoms with Gasteiger partial charge in [-0.25, -0.2) is 4.57 Å². The Morgan fingerprint density at radius 3 is 2.12 bits per heavy atom. The predicted octanol–water partition coefficient (Wildman–Crippen LogP) is 2.44. The molecule has 0 saturated carbocycles. The zero-order valence-corrected chi connectivity index (χ0v) is 11.8. The third-order valence-corrected chi connectivity index (χ3v) is 2.94. The van der Waals surface area contributed by atoms with Gasteiger partial charge >= 0.3 is 7.82 Å². The molecule has 0 amide bonds. The lowest BCUT2D eigenvalue weighted by molar-refractivity contribution is -0.139. The minimum Gasteiger partial charge on any atom is -0.303 e. The van der Waals surface area contributed by atoms with Crippen LogP contribution in [0.3, 0.4) is 0 Å². The van der Waals surface area contributed by atoms with Crippen LogP contribution in [0.4, 0.5) is 0 Å². The number of phosphoric acid groups is 1. The van der Waals surface area contributed by atoms with Crippen molar-refractivity contribution in [2.45, 2.75) is 46.6 Å². The van der Waals surface area contributed by atoms with E-state index in [1.807, 2.05) is 13.0 Å². The van der Waals surface area contributed by atoms with Gasteiger partial charge in [-0.2, -0.15) is 0 Å². The van der Waals surface area contributed by atoms with Crippen molar-refractivity contribution in [2.24, 2.45) is 5.41 Å². The Morgan fingerprint density at radius 2 is 1.76 bits per heavy atom. The highest BCUT2D eigenvalue weighted by Gasteiger charge is 2.42. The van der Waals surface area contributed by atoms with E-state index in [1.54, 1.807) is 19.9 Å². The van der Waals surface area contributed by atoms with Crippen LogP contribution in [-0.2, 0) is 13.9 Å². The third kappa shape index (κ3) is 5.59. The molecule has 0 aromatic carbocycles. The summed E-state index contributed by atoms with van der Waals surface area (Å²) in [7, 11) is -4.68. The molecule has 0 rings (SSSR count). The lowest BCUT2D eigenvalue weighted by Gasteiger charge is -2.31. The number of carbonyl (C=O) groups is 1. The molecule has 0 aliphatic carbocycles. The van der Waals surface area contributed by atoms with E-state index in [0.717, 1.165) is 6.42 Å². The van der Waals surface area contributed by atoms with Gasteiger partial charge in [-0.15, -0.1) is 0 Å². The number of Topliss-reactive ketones (excluding diaryl/α,β-unsaturated/α-hetero) is 1. The summed E-state index contributed by atoms with van der Waals surface area (Å²) in [5, 5.41) is 0. The highest BCUT2D eigenvalue weighted by molar-refractivity contribution is 7.46. The second-order valence-electron chi connectivity index (χ2n) is 4.95. The molecule has 100 valence electrons. The molecule has 0 aromatic heterocycles. The van der Waals surface area contributed by atoms with Gasteiger partial charge in [0.15, 0.2) is 5.78 Å². The fourth-order valence-electron chi connectivity index (χ4n) is 1.60. The molecule has 0 aromatic rings. The van der Waals surface area contributed by atoms with E-state index in [1.165, 1.54) is 13.8 Å². The highest BCUT2D eigenvalue weighted by Crippen LogP contribution is 2.43. The fraction of sp³-hybridized carbons (Fsp3) is 0.727. The van der Waals surface area contributed by atoms with Crippen molar-refractivity contribution in [3.63, 3.8) is 0 Å².